The van der Waals surface area contributed by atoms with Crippen molar-refractivity contribution in [3.63, 3.8) is 0 Å². The van der Waals surface area contributed by atoms with E-state index in [1.165, 1.54) is 12.8 Å². The molecule has 0 unspecified atom stereocenters. The Morgan fingerprint density at radius 2 is 1.83 bits per heavy atom. The molecular formula is C23H30N2O4. The lowest BCUT2D eigenvalue weighted by Crippen LogP contribution is -2.24. The van der Waals surface area contributed by atoms with E-state index >= 15 is 0 Å². The molecular weight excluding hydrogens is 368 g/mol. The predicted molar refractivity (Wildman–Crippen MR) is 115 cm³/mol. The molecule has 6 heteroatoms. The molecule has 0 aliphatic rings. The maximum absolute atomic E-state index is 11.8. The lowest BCUT2D eigenvalue weighted by atomic mass is 10.2. The van der Waals surface area contributed by atoms with Gasteiger partial charge in [0.05, 0.1) is 19.9 Å². The average Bonchev–Trinajstić information content (AvgIpc) is 2.73. The number of rotatable bonds is 12. The number of nitrogens with zero attached hydrogens (tertiary/aromatic N) is 1. The van der Waals surface area contributed by atoms with Gasteiger partial charge in [0.25, 0.3) is 5.91 Å². The molecule has 0 aliphatic heterocycles. The van der Waals surface area contributed by atoms with Crippen LogP contribution < -0.4 is 19.6 Å². The number of hydrogen-bond acceptors (Lipinski definition) is 5. The van der Waals surface area contributed by atoms with Crippen LogP contribution >= 0.6 is 0 Å². The second-order valence-corrected chi connectivity index (χ2v) is 6.71. The van der Waals surface area contributed by atoms with Gasteiger partial charge in [0, 0.05) is 0 Å². The molecule has 0 atom stereocenters. The smallest absolute Gasteiger partial charge is 0.277 e. The lowest BCUT2D eigenvalue weighted by molar-refractivity contribution is -0.123. The second kappa shape index (κ2) is 12.4. The third-order valence-corrected chi connectivity index (χ3v) is 4.24. The first kappa shape index (κ1) is 22.3. The molecule has 0 spiro atoms. The fourth-order valence-electron chi connectivity index (χ4n) is 2.59. The minimum absolute atomic E-state index is 0.103. The monoisotopic (exact) mass is 398 g/mol. The molecule has 6 nitrogen and oxygen atoms in total. The van der Waals surface area contributed by atoms with Gasteiger partial charge in [-0.2, -0.15) is 5.10 Å². The minimum Gasteiger partial charge on any atom is -0.493 e. The van der Waals surface area contributed by atoms with E-state index in [1.807, 2.05) is 49.4 Å². The SMILES string of the molecule is CCCCCCOc1ccc(/C=N/NC(=O)COc2ccc(C)cc2)cc1OC. The number of hydrogen-bond donors (Lipinski definition) is 1. The lowest BCUT2D eigenvalue weighted by Gasteiger charge is -2.11. The van der Waals surface area contributed by atoms with Gasteiger partial charge in [0.1, 0.15) is 5.75 Å². The molecule has 0 bridgehead atoms. The van der Waals surface area contributed by atoms with Gasteiger partial charge >= 0.3 is 0 Å². The van der Waals surface area contributed by atoms with Crippen molar-refractivity contribution in [3.05, 3.63) is 53.6 Å². The summed E-state index contributed by atoms with van der Waals surface area (Å²) in [4.78, 5) is 11.8. The minimum atomic E-state index is -0.333. The topological polar surface area (TPSA) is 69.2 Å². The highest BCUT2D eigenvalue weighted by molar-refractivity contribution is 5.83. The van der Waals surface area contributed by atoms with Gasteiger partial charge in [0.15, 0.2) is 18.1 Å². The molecule has 0 aliphatic carbocycles. The molecule has 1 amide bonds. The van der Waals surface area contributed by atoms with E-state index in [9.17, 15) is 4.79 Å². The highest BCUT2D eigenvalue weighted by Gasteiger charge is 2.06. The van der Waals surface area contributed by atoms with E-state index in [-0.39, 0.29) is 12.5 Å². The van der Waals surface area contributed by atoms with Crippen molar-refractivity contribution < 1.29 is 19.0 Å². The van der Waals surface area contributed by atoms with Crippen molar-refractivity contribution in [1.29, 1.82) is 0 Å². The van der Waals surface area contributed by atoms with Crippen molar-refractivity contribution in [2.24, 2.45) is 5.10 Å². The number of aryl methyl sites for hydroxylation is 1. The summed E-state index contributed by atoms with van der Waals surface area (Å²) in [5, 5.41) is 3.97. The molecule has 2 aromatic carbocycles. The van der Waals surface area contributed by atoms with Gasteiger partial charge in [-0.1, -0.05) is 43.9 Å². The predicted octanol–water partition coefficient (Wildman–Crippen LogP) is 4.49. The quantitative estimate of drug-likeness (QED) is 0.325. The first-order chi connectivity index (χ1) is 14.1. The van der Waals surface area contributed by atoms with Crippen LogP contribution in [0.4, 0.5) is 0 Å². The fraction of sp³-hybridized carbons (Fsp3) is 0.391. The Morgan fingerprint density at radius 3 is 2.55 bits per heavy atom. The first-order valence-corrected chi connectivity index (χ1v) is 9.94. The Bertz CT molecular complexity index is 788. The van der Waals surface area contributed by atoms with Crippen LogP contribution in [0, 0.1) is 6.92 Å². The third-order valence-electron chi connectivity index (χ3n) is 4.24. The van der Waals surface area contributed by atoms with Crippen LogP contribution in [0.1, 0.15) is 43.7 Å². The van der Waals surface area contributed by atoms with E-state index in [2.05, 4.69) is 17.5 Å². The Balaban J connectivity index is 1.79. The van der Waals surface area contributed by atoms with Crippen LogP contribution in [-0.4, -0.2) is 32.4 Å². The van der Waals surface area contributed by atoms with E-state index in [0.717, 1.165) is 24.0 Å². The Labute approximate surface area is 172 Å². The number of ether oxygens (including phenoxy) is 3. The highest BCUT2D eigenvalue weighted by atomic mass is 16.5. The maximum atomic E-state index is 11.8. The Kier molecular flexibility index (Phi) is 9.55. The molecule has 2 rings (SSSR count). The Hall–Kier alpha value is -3.02. The number of nitrogens with one attached hydrogen (secondary N) is 1. The summed E-state index contributed by atoms with van der Waals surface area (Å²) in [5.41, 5.74) is 4.38. The molecule has 29 heavy (non-hydrogen) atoms. The highest BCUT2D eigenvalue weighted by Crippen LogP contribution is 2.27. The van der Waals surface area contributed by atoms with Crippen molar-refractivity contribution in [3.8, 4) is 17.2 Å². The number of hydrazone groups is 1. The zero-order valence-corrected chi connectivity index (χ0v) is 17.4. The number of unbranched alkanes of at least 4 members (excludes halogenated alkanes) is 3. The van der Waals surface area contributed by atoms with Crippen LogP contribution in [0.15, 0.2) is 47.6 Å². The molecule has 156 valence electrons. The van der Waals surface area contributed by atoms with Gasteiger partial charge in [-0.05, 0) is 49.2 Å². The normalized spacial score (nSPS) is 10.7. The standard InChI is InChI=1S/C23H30N2O4/c1-4-5-6-7-14-28-21-13-10-19(15-22(21)27-3)16-24-25-23(26)17-29-20-11-8-18(2)9-12-20/h8-13,15-16H,4-7,14,17H2,1-3H3,(H,25,26)/b24-16+. The Morgan fingerprint density at radius 1 is 1.03 bits per heavy atom. The summed E-state index contributed by atoms with van der Waals surface area (Å²) in [6.07, 6.45) is 6.16. The molecule has 0 radical (unpaired) electrons. The summed E-state index contributed by atoms with van der Waals surface area (Å²) in [6.45, 7) is 4.74. The van der Waals surface area contributed by atoms with Gasteiger partial charge in [-0.15, -0.1) is 0 Å². The van der Waals surface area contributed by atoms with Crippen molar-refractivity contribution >= 4 is 12.1 Å². The summed E-state index contributed by atoms with van der Waals surface area (Å²) >= 11 is 0. The van der Waals surface area contributed by atoms with Crippen LogP contribution in [0.3, 0.4) is 0 Å². The number of amides is 1. The van der Waals surface area contributed by atoms with Gasteiger partial charge in [-0.3, -0.25) is 4.79 Å². The molecule has 0 saturated heterocycles. The van der Waals surface area contributed by atoms with E-state index < -0.39 is 0 Å². The third kappa shape index (κ3) is 8.25. The van der Waals surface area contributed by atoms with E-state index in [0.29, 0.717) is 23.9 Å². The number of methoxy groups -OCH3 is 1. The molecule has 2 aromatic rings. The summed E-state index contributed by atoms with van der Waals surface area (Å²) < 4.78 is 16.6. The molecule has 0 fully saturated rings. The number of carbonyl (C=O) groups excluding carboxylic acids is 1. The molecule has 1 N–H and O–H groups in total. The first-order valence-electron chi connectivity index (χ1n) is 9.94. The van der Waals surface area contributed by atoms with Crippen molar-refractivity contribution in [2.75, 3.05) is 20.3 Å². The van der Waals surface area contributed by atoms with Gasteiger partial charge in [0.2, 0.25) is 0 Å². The van der Waals surface area contributed by atoms with E-state index in [4.69, 9.17) is 14.2 Å². The second-order valence-electron chi connectivity index (χ2n) is 6.71. The molecule has 0 saturated carbocycles. The fourth-order valence-corrected chi connectivity index (χ4v) is 2.59. The van der Waals surface area contributed by atoms with Crippen LogP contribution in [0.2, 0.25) is 0 Å². The van der Waals surface area contributed by atoms with Gasteiger partial charge in [-0.25, -0.2) is 5.43 Å². The van der Waals surface area contributed by atoms with Crippen LogP contribution in [-0.2, 0) is 4.79 Å². The van der Waals surface area contributed by atoms with Crippen LogP contribution in [0.25, 0.3) is 0 Å². The molecule has 0 aromatic heterocycles. The van der Waals surface area contributed by atoms with Crippen molar-refractivity contribution in [2.45, 2.75) is 39.5 Å². The van der Waals surface area contributed by atoms with Crippen molar-refractivity contribution in [1.82, 2.24) is 5.43 Å². The number of benzene rings is 2. The summed E-state index contributed by atoms with van der Waals surface area (Å²) in [6, 6.07) is 13.0. The van der Waals surface area contributed by atoms with E-state index in [1.54, 1.807) is 13.3 Å². The largest absolute Gasteiger partial charge is 0.493 e. The zero-order chi connectivity index (χ0) is 20.9. The van der Waals surface area contributed by atoms with Gasteiger partial charge < -0.3 is 14.2 Å². The van der Waals surface area contributed by atoms with Crippen LogP contribution in [0.5, 0.6) is 17.2 Å². The maximum Gasteiger partial charge on any atom is 0.277 e. The summed E-state index contributed by atoms with van der Waals surface area (Å²) in [7, 11) is 1.60. The average molecular weight is 399 g/mol. The molecule has 0 heterocycles. The zero-order valence-electron chi connectivity index (χ0n) is 17.4. The summed E-state index contributed by atoms with van der Waals surface area (Å²) in [5.74, 6) is 1.65. The number of carbonyl (C=O) groups is 1.